The van der Waals surface area contributed by atoms with Gasteiger partial charge >= 0.3 is 5.97 Å². The van der Waals surface area contributed by atoms with E-state index in [9.17, 15) is 9.18 Å². The Morgan fingerprint density at radius 1 is 1.33 bits per heavy atom. The van der Waals surface area contributed by atoms with Crippen molar-refractivity contribution in [1.82, 2.24) is 4.98 Å². The van der Waals surface area contributed by atoms with Crippen molar-refractivity contribution in [2.45, 2.75) is 6.92 Å². The van der Waals surface area contributed by atoms with Gasteiger partial charge in [-0.2, -0.15) is 0 Å². The van der Waals surface area contributed by atoms with Gasteiger partial charge in [0.15, 0.2) is 0 Å². The molecule has 0 aliphatic carbocycles. The molecule has 0 bridgehead atoms. The lowest BCUT2D eigenvalue weighted by Gasteiger charge is -2.09. The molecule has 0 atom stereocenters. The lowest BCUT2D eigenvalue weighted by molar-refractivity contribution is 0.0695. The van der Waals surface area contributed by atoms with Crippen molar-refractivity contribution in [2.24, 2.45) is 0 Å². The van der Waals surface area contributed by atoms with Gasteiger partial charge in [0.25, 0.3) is 0 Å². The first kappa shape index (κ1) is 12.0. The van der Waals surface area contributed by atoms with Crippen molar-refractivity contribution in [3.63, 3.8) is 0 Å². The second-order valence-corrected chi connectivity index (χ2v) is 3.65. The van der Waals surface area contributed by atoms with Crippen LogP contribution in [-0.4, -0.2) is 16.1 Å². The number of aromatic carboxylic acids is 1. The zero-order chi connectivity index (χ0) is 13.1. The summed E-state index contributed by atoms with van der Waals surface area (Å²) in [5.74, 6) is -0.889. The minimum Gasteiger partial charge on any atom is -0.478 e. The monoisotopic (exact) mass is 247 g/mol. The Labute approximate surface area is 103 Å². The van der Waals surface area contributed by atoms with Gasteiger partial charge in [-0.25, -0.2) is 14.2 Å². The molecular formula is C13H10FNO3. The third-order valence-corrected chi connectivity index (χ3v) is 2.43. The number of rotatable bonds is 3. The second kappa shape index (κ2) is 4.83. The number of halogens is 1. The van der Waals surface area contributed by atoms with E-state index in [-0.39, 0.29) is 11.4 Å². The molecule has 0 saturated carbocycles. The first-order valence-electron chi connectivity index (χ1n) is 5.20. The van der Waals surface area contributed by atoms with E-state index in [2.05, 4.69) is 4.98 Å². The predicted octanol–water partition coefficient (Wildman–Crippen LogP) is 3.02. The van der Waals surface area contributed by atoms with Crippen LogP contribution in [0.4, 0.5) is 4.39 Å². The van der Waals surface area contributed by atoms with Crippen LogP contribution in [-0.2, 0) is 0 Å². The van der Waals surface area contributed by atoms with Crippen molar-refractivity contribution >= 4 is 5.97 Å². The predicted molar refractivity (Wildman–Crippen MR) is 62.4 cm³/mol. The molecule has 0 fully saturated rings. The van der Waals surface area contributed by atoms with Crippen molar-refractivity contribution in [3.05, 3.63) is 53.5 Å². The molecule has 0 aliphatic heterocycles. The molecule has 1 aromatic carbocycles. The van der Waals surface area contributed by atoms with Crippen LogP contribution in [0.1, 0.15) is 15.9 Å². The number of carboxylic acids is 1. The summed E-state index contributed by atoms with van der Waals surface area (Å²) < 4.78 is 18.1. The summed E-state index contributed by atoms with van der Waals surface area (Å²) >= 11 is 0. The van der Waals surface area contributed by atoms with Crippen LogP contribution in [0.25, 0.3) is 0 Å². The molecule has 1 N–H and O–H groups in total. The molecule has 1 heterocycles. The van der Waals surface area contributed by atoms with E-state index in [1.54, 1.807) is 19.1 Å². The summed E-state index contributed by atoms with van der Waals surface area (Å²) in [5.41, 5.74) is 0.658. The lowest BCUT2D eigenvalue weighted by atomic mass is 10.1. The molecule has 0 amide bonds. The molecule has 92 valence electrons. The molecule has 0 aliphatic rings. The Bertz CT molecular complexity index is 581. The normalized spacial score (nSPS) is 10.1. The number of pyridine rings is 1. The van der Waals surface area contributed by atoms with Crippen molar-refractivity contribution in [1.29, 1.82) is 0 Å². The number of carboxylic acid groups (broad SMARTS) is 1. The highest BCUT2D eigenvalue weighted by Crippen LogP contribution is 2.25. The standard InChI is InChI=1S/C13H10FNO3/c1-8-10(13(16)17)3-2-4-11(8)18-12-6-5-9(14)7-15-12/h2-7H,1H3,(H,16,17). The first-order chi connectivity index (χ1) is 8.58. The molecule has 0 radical (unpaired) electrons. The van der Waals surface area contributed by atoms with Gasteiger partial charge in [-0.1, -0.05) is 6.07 Å². The number of hydrogen-bond acceptors (Lipinski definition) is 3. The molecule has 2 rings (SSSR count). The summed E-state index contributed by atoms with van der Waals surface area (Å²) in [6.45, 7) is 1.64. The molecule has 4 nitrogen and oxygen atoms in total. The number of benzene rings is 1. The summed E-state index contributed by atoms with van der Waals surface area (Å²) in [4.78, 5) is 14.7. The van der Waals surface area contributed by atoms with E-state index >= 15 is 0 Å². The molecule has 0 unspecified atom stereocenters. The SMILES string of the molecule is Cc1c(Oc2ccc(F)cn2)cccc1C(=O)O. The van der Waals surface area contributed by atoms with Crippen LogP contribution in [0.3, 0.4) is 0 Å². The molecule has 2 aromatic rings. The maximum absolute atomic E-state index is 12.7. The third-order valence-electron chi connectivity index (χ3n) is 2.43. The zero-order valence-corrected chi connectivity index (χ0v) is 9.55. The Balaban J connectivity index is 2.32. The summed E-state index contributed by atoms with van der Waals surface area (Å²) in [5, 5.41) is 8.97. The van der Waals surface area contributed by atoms with Gasteiger partial charge in [0.2, 0.25) is 5.88 Å². The number of ether oxygens (including phenoxy) is 1. The van der Waals surface area contributed by atoms with Crippen molar-refractivity contribution < 1.29 is 19.0 Å². The van der Waals surface area contributed by atoms with Crippen LogP contribution in [0.5, 0.6) is 11.6 Å². The molecule has 0 saturated heterocycles. The Kier molecular flexibility index (Phi) is 3.23. The van der Waals surface area contributed by atoms with Gasteiger partial charge in [-0.05, 0) is 25.1 Å². The number of carbonyl (C=O) groups is 1. The van der Waals surface area contributed by atoms with Gasteiger partial charge in [0.05, 0.1) is 11.8 Å². The van der Waals surface area contributed by atoms with Gasteiger partial charge < -0.3 is 9.84 Å². The molecule has 5 heteroatoms. The Hall–Kier alpha value is -2.43. The van der Waals surface area contributed by atoms with Crippen LogP contribution in [0, 0.1) is 12.7 Å². The van der Waals surface area contributed by atoms with Gasteiger partial charge in [0, 0.05) is 11.6 Å². The fourth-order valence-corrected chi connectivity index (χ4v) is 1.49. The van der Waals surface area contributed by atoms with Crippen LogP contribution >= 0.6 is 0 Å². The Morgan fingerprint density at radius 2 is 2.11 bits per heavy atom. The average Bonchev–Trinajstić information content (AvgIpc) is 2.34. The minimum absolute atomic E-state index is 0.162. The first-order valence-corrected chi connectivity index (χ1v) is 5.20. The highest BCUT2D eigenvalue weighted by molar-refractivity contribution is 5.90. The van der Waals surface area contributed by atoms with Crippen molar-refractivity contribution in [3.8, 4) is 11.6 Å². The average molecular weight is 247 g/mol. The van der Waals surface area contributed by atoms with E-state index in [1.807, 2.05) is 0 Å². The number of aromatic nitrogens is 1. The summed E-state index contributed by atoms with van der Waals surface area (Å²) in [6, 6.07) is 7.30. The fourth-order valence-electron chi connectivity index (χ4n) is 1.49. The topological polar surface area (TPSA) is 59.4 Å². The maximum Gasteiger partial charge on any atom is 0.336 e. The van der Waals surface area contributed by atoms with E-state index < -0.39 is 11.8 Å². The molecule has 0 spiro atoms. The highest BCUT2D eigenvalue weighted by Gasteiger charge is 2.11. The zero-order valence-electron chi connectivity index (χ0n) is 9.55. The van der Waals surface area contributed by atoms with E-state index in [0.717, 1.165) is 6.20 Å². The smallest absolute Gasteiger partial charge is 0.336 e. The van der Waals surface area contributed by atoms with Crippen LogP contribution in [0.2, 0.25) is 0 Å². The van der Waals surface area contributed by atoms with Gasteiger partial charge in [-0.3, -0.25) is 0 Å². The Morgan fingerprint density at radius 3 is 2.72 bits per heavy atom. The highest BCUT2D eigenvalue weighted by atomic mass is 19.1. The van der Waals surface area contributed by atoms with Crippen LogP contribution in [0.15, 0.2) is 36.5 Å². The van der Waals surface area contributed by atoms with E-state index in [4.69, 9.17) is 9.84 Å². The molecule has 18 heavy (non-hydrogen) atoms. The molecular weight excluding hydrogens is 237 g/mol. The van der Waals surface area contributed by atoms with E-state index in [0.29, 0.717) is 11.3 Å². The minimum atomic E-state index is -1.02. The largest absolute Gasteiger partial charge is 0.478 e. The van der Waals surface area contributed by atoms with E-state index in [1.165, 1.54) is 18.2 Å². The summed E-state index contributed by atoms with van der Waals surface area (Å²) in [7, 11) is 0. The second-order valence-electron chi connectivity index (χ2n) is 3.65. The third kappa shape index (κ3) is 2.45. The quantitative estimate of drug-likeness (QED) is 0.905. The number of hydrogen-bond donors (Lipinski definition) is 1. The van der Waals surface area contributed by atoms with Gasteiger partial charge in [-0.15, -0.1) is 0 Å². The molecule has 1 aromatic heterocycles. The fraction of sp³-hybridized carbons (Fsp3) is 0.0769. The van der Waals surface area contributed by atoms with Gasteiger partial charge in [0.1, 0.15) is 11.6 Å². The summed E-state index contributed by atoms with van der Waals surface area (Å²) in [6.07, 6.45) is 1.03. The maximum atomic E-state index is 12.7. The number of nitrogens with zero attached hydrogens (tertiary/aromatic N) is 1. The van der Waals surface area contributed by atoms with Crippen molar-refractivity contribution in [2.75, 3.05) is 0 Å². The van der Waals surface area contributed by atoms with Crippen LogP contribution < -0.4 is 4.74 Å². The lowest BCUT2D eigenvalue weighted by Crippen LogP contribution is -2.01.